The third-order valence-electron chi connectivity index (χ3n) is 6.21. The second-order valence-corrected chi connectivity index (χ2v) is 8.71. The first-order valence-corrected chi connectivity index (χ1v) is 11.9. The first-order chi connectivity index (χ1) is 17.2. The van der Waals surface area contributed by atoms with Crippen molar-refractivity contribution in [2.45, 2.75) is 25.4 Å². The molecule has 10 heteroatoms. The van der Waals surface area contributed by atoms with Crippen molar-refractivity contribution < 1.29 is 9.13 Å². The number of rotatable bonds is 8. The van der Waals surface area contributed by atoms with Crippen LogP contribution in [0.5, 0.6) is 5.88 Å². The molecule has 1 N–H and O–H groups in total. The fraction of sp³-hybridized carbons (Fsp3) is 0.400. The van der Waals surface area contributed by atoms with Crippen LogP contribution < -0.4 is 15.0 Å². The molecule has 3 aromatic rings. The molecule has 0 aromatic carbocycles. The van der Waals surface area contributed by atoms with Crippen LogP contribution in [0, 0.1) is 11.3 Å². The molecule has 2 saturated heterocycles. The number of halogens is 1. The summed E-state index contributed by atoms with van der Waals surface area (Å²) < 4.78 is 18.9. The molecule has 0 bridgehead atoms. The van der Waals surface area contributed by atoms with Gasteiger partial charge in [-0.3, -0.25) is 4.90 Å². The average molecular weight is 475 g/mol. The summed E-state index contributed by atoms with van der Waals surface area (Å²) in [7, 11) is 0. The van der Waals surface area contributed by atoms with Crippen LogP contribution >= 0.6 is 0 Å². The summed E-state index contributed by atoms with van der Waals surface area (Å²) in [5, 5.41) is 12.8. The minimum atomic E-state index is -0.724. The van der Waals surface area contributed by atoms with Crippen LogP contribution in [-0.2, 0) is 0 Å². The molecule has 35 heavy (non-hydrogen) atoms. The van der Waals surface area contributed by atoms with Crippen molar-refractivity contribution in [2.24, 2.45) is 0 Å². The second kappa shape index (κ2) is 10.6. The number of nitrogens with zero attached hydrogens (tertiary/aromatic N) is 7. The maximum atomic E-state index is 13.2. The molecule has 0 amide bonds. The van der Waals surface area contributed by atoms with E-state index in [4.69, 9.17) is 4.74 Å². The molecule has 5 heterocycles. The second-order valence-electron chi connectivity index (χ2n) is 8.71. The number of hydrogen-bond acceptors (Lipinski definition) is 9. The molecule has 0 aliphatic carbocycles. The number of alkyl halides is 1. The van der Waals surface area contributed by atoms with Crippen LogP contribution in [0.2, 0.25) is 0 Å². The highest BCUT2D eigenvalue weighted by Gasteiger charge is 2.21. The molecule has 0 radical (unpaired) electrons. The lowest BCUT2D eigenvalue weighted by atomic mass is 10.1. The predicted octanol–water partition coefficient (Wildman–Crippen LogP) is 3.57. The number of likely N-dealkylation sites (tertiary alicyclic amines) is 1. The summed E-state index contributed by atoms with van der Waals surface area (Å²) in [6.07, 6.45) is 7.19. The number of hydrogen-bond donors (Lipinski definition) is 1. The molecular weight excluding hydrogens is 447 g/mol. The first kappa shape index (κ1) is 22.9. The summed E-state index contributed by atoms with van der Waals surface area (Å²) in [5.74, 6) is 1.66. The van der Waals surface area contributed by atoms with Gasteiger partial charge in [0.15, 0.2) is 0 Å². The average Bonchev–Trinajstić information content (AvgIpc) is 3.57. The third kappa shape index (κ3) is 5.63. The van der Waals surface area contributed by atoms with Gasteiger partial charge in [-0.2, -0.15) is 5.26 Å². The van der Waals surface area contributed by atoms with Gasteiger partial charge in [-0.1, -0.05) is 0 Å². The Kier molecular flexibility index (Phi) is 6.95. The van der Waals surface area contributed by atoms with Crippen LogP contribution in [0.15, 0.2) is 42.9 Å². The molecule has 1 atom stereocenters. The smallest absolute Gasteiger partial charge is 0.227 e. The number of aromatic nitrogens is 4. The van der Waals surface area contributed by atoms with E-state index in [1.54, 1.807) is 30.7 Å². The lowest BCUT2D eigenvalue weighted by Gasteiger charge is -2.18. The predicted molar refractivity (Wildman–Crippen MR) is 130 cm³/mol. The lowest BCUT2D eigenvalue weighted by Crippen LogP contribution is -2.26. The van der Waals surface area contributed by atoms with Crippen molar-refractivity contribution in [3.63, 3.8) is 0 Å². The van der Waals surface area contributed by atoms with Crippen LogP contribution in [0.3, 0.4) is 0 Å². The molecule has 0 saturated carbocycles. The highest BCUT2D eigenvalue weighted by molar-refractivity contribution is 5.67. The van der Waals surface area contributed by atoms with Crippen LogP contribution in [0.1, 0.15) is 24.8 Å². The Balaban J connectivity index is 1.21. The zero-order valence-electron chi connectivity index (χ0n) is 19.4. The maximum absolute atomic E-state index is 13.2. The van der Waals surface area contributed by atoms with Gasteiger partial charge in [-0.05, 0) is 37.5 Å². The molecule has 3 aromatic heterocycles. The van der Waals surface area contributed by atoms with Gasteiger partial charge in [0.25, 0.3) is 0 Å². The summed E-state index contributed by atoms with van der Waals surface area (Å²) in [6.45, 7) is 4.26. The van der Waals surface area contributed by atoms with Gasteiger partial charge in [0.1, 0.15) is 24.7 Å². The first-order valence-electron chi connectivity index (χ1n) is 11.9. The Hall–Kier alpha value is -3.84. The van der Waals surface area contributed by atoms with E-state index in [1.165, 1.54) is 0 Å². The fourth-order valence-electron chi connectivity index (χ4n) is 4.38. The molecular formula is C25H27FN8O. The topological polar surface area (TPSA) is 103 Å². The zero-order valence-corrected chi connectivity index (χ0v) is 19.4. The Labute approximate surface area is 203 Å². The lowest BCUT2D eigenvalue weighted by molar-refractivity contribution is 0.220. The highest BCUT2D eigenvalue weighted by atomic mass is 19.1. The molecule has 2 aliphatic heterocycles. The monoisotopic (exact) mass is 474 g/mol. The Morgan fingerprint density at radius 3 is 2.74 bits per heavy atom. The molecule has 5 rings (SSSR count). The SMILES string of the molecule is N#Cc1cc(-c2ccnc(Nc3ccc(OCCN4CC[C@H](F)C4)nc3)n2)cnc1N1CCCC1. The number of nitrogens with one attached hydrogen (secondary N) is 1. The van der Waals surface area contributed by atoms with Gasteiger partial charge in [0.2, 0.25) is 11.8 Å². The number of ether oxygens (including phenoxy) is 1. The molecule has 0 spiro atoms. The van der Waals surface area contributed by atoms with Crippen molar-refractivity contribution in [2.75, 3.05) is 49.5 Å². The van der Waals surface area contributed by atoms with Crippen molar-refractivity contribution >= 4 is 17.5 Å². The molecule has 0 unspecified atom stereocenters. The normalized spacial score (nSPS) is 17.9. The van der Waals surface area contributed by atoms with Gasteiger partial charge in [-0.25, -0.2) is 24.3 Å². The van der Waals surface area contributed by atoms with Crippen LogP contribution in [0.4, 0.5) is 21.8 Å². The van der Waals surface area contributed by atoms with Crippen LogP contribution in [0.25, 0.3) is 11.3 Å². The van der Waals surface area contributed by atoms with E-state index in [2.05, 4.69) is 41.1 Å². The minimum absolute atomic E-state index is 0.412. The summed E-state index contributed by atoms with van der Waals surface area (Å²) >= 11 is 0. The van der Waals surface area contributed by atoms with E-state index in [1.807, 2.05) is 12.1 Å². The van der Waals surface area contributed by atoms with E-state index in [-0.39, 0.29) is 0 Å². The van der Waals surface area contributed by atoms with E-state index >= 15 is 0 Å². The molecule has 2 fully saturated rings. The highest BCUT2D eigenvalue weighted by Crippen LogP contribution is 2.27. The molecule has 9 nitrogen and oxygen atoms in total. The van der Waals surface area contributed by atoms with Crippen molar-refractivity contribution in [3.8, 4) is 23.2 Å². The van der Waals surface area contributed by atoms with Gasteiger partial charge in [0.05, 0.1) is 23.1 Å². The molecule has 2 aliphatic rings. The van der Waals surface area contributed by atoms with Gasteiger partial charge in [-0.15, -0.1) is 0 Å². The minimum Gasteiger partial charge on any atom is -0.476 e. The zero-order chi connectivity index (χ0) is 24.0. The quantitative estimate of drug-likeness (QED) is 0.525. The Bertz CT molecular complexity index is 1190. The number of nitriles is 1. The standard InChI is InChI=1S/C25H27FN8O/c26-20-6-10-33(17-20)11-12-35-23-4-3-21(16-29-23)31-25-28-7-5-22(32-25)19-13-18(14-27)24(30-15-19)34-8-1-2-9-34/h3-5,7,13,15-16,20H,1-2,6,8-12,17H2,(H,28,31,32)/t20-/m0/s1. The fourth-order valence-corrected chi connectivity index (χ4v) is 4.38. The third-order valence-corrected chi connectivity index (χ3v) is 6.21. The van der Waals surface area contributed by atoms with E-state index < -0.39 is 6.17 Å². The van der Waals surface area contributed by atoms with Crippen molar-refractivity contribution in [3.05, 3.63) is 48.4 Å². The van der Waals surface area contributed by atoms with E-state index in [0.29, 0.717) is 49.2 Å². The Morgan fingerprint density at radius 2 is 2.00 bits per heavy atom. The van der Waals surface area contributed by atoms with E-state index in [9.17, 15) is 9.65 Å². The van der Waals surface area contributed by atoms with Gasteiger partial charge >= 0.3 is 0 Å². The summed E-state index contributed by atoms with van der Waals surface area (Å²) in [5.41, 5.74) is 2.69. The summed E-state index contributed by atoms with van der Waals surface area (Å²) in [6, 6.07) is 9.50. The van der Waals surface area contributed by atoms with Crippen molar-refractivity contribution in [1.29, 1.82) is 5.26 Å². The Morgan fingerprint density at radius 1 is 1.11 bits per heavy atom. The van der Waals surface area contributed by atoms with E-state index in [0.717, 1.165) is 49.5 Å². The van der Waals surface area contributed by atoms with Crippen molar-refractivity contribution in [1.82, 2.24) is 24.8 Å². The maximum Gasteiger partial charge on any atom is 0.227 e. The largest absolute Gasteiger partial charge is 0.476 e. The van der Waals surface area contributed by atoms with Gasteiger partial charge < -0.3 is 15.0 Å². The number of pyridine rings is 2. The van der Waals surface area contributed by atoms with Gasteiger partial charge in [0, 0.05) is 56.7 Å². The number of anilines is 3. The summed E-state index contributed by atoms with van der Waals surface area (Å²) in [4.78, 5) is 22.0. The van der Waals surface area contributed by atoms with Crippen LogP contribution in [-0.4, -0.2) is 70.3 Å². The molecule has 180 valence electrons.